The number of anilines is 1. The van der Waals surface area contributed by atoms with E-state index in [0.717, 1.165) is 26.2 Å². The molecule has 1 aliphatic heterocycles. The van der Waals surface area contributed by atoms with Gasteiger partial charge >= 0.3 is 0 Å². The Morgan fingerprint density at radius 1 is 1.03 bits per heavy atom. The van der Waals surface area contributed by atoms with Gasteiger partial charge in [-0.3, -0.25) is 4.79 Å². The Bertz CT molecular complexity index is 756. The first-order valence-electron chi connectivity index (χ1n) is 10.4. The largest absolute Gasteiger partial charge is 0.484 e. The van der Waals surface area contributed by atoms with E-state index in [9.17, 15) is 4.79 Å². The van der Waals surface area contributed by atoms with Crippen LogP contribution < -0.4 is 24.8 Å². The lowest BCUT2D eigenvalue weighted by Gasteiger charge is -2.33. The molecular weight excluding hydrogens is 364 g/mol. The predicted octanol–water partition coefficient (Wildman–Crippen LogP) is -0.598. The van der Waals surface area contributed by atoms with Gasteiger partial charge in [-0.25, -0.2) is 0 Å². The number of rotatable bonds is 8. The summed E-state index contributed by atoms with van der Waals surface area (Å²) in [6.45, 7) is 5.20. The van der Waals surface area contributed by atoms with E-state index < -0.39 is 0 Å². The molecule has 0 aliphatic carbocycles. The smallest absolute Gasteiger partial charge is 0.258 e. The Labute approximate surface area is 174 Å². The van der Waals surface area contributed by atoms with Crippen LogP contribution in [0.25, 0.3) is 0 Å². The highest BCUT2D eigenvalue weighted by Gasteiger charge is 2.29. The molecule has 1 atom stereocenters. The fourth-order valence-electron chi connectivity index (χ4n) is 3.78. The molecule has 3 rings (SSSR count). The monoisotopic (exact) mass is 398 g/mol. The van der Waals surface area contributed by atoms with Crippen molar-refractivity contribution >= 4 is 11.6 Å². The topological polar surface area (TPSA) is 50.5 Å². The zero-order valence-corrected chi connectivity index (χ0v) is 17.8. The highest BCUT2D eigenvalue weighted by Crippen LogP contribution is 2.16. The van der Waals surface area contributed by atoms with Gasteiger partial charge in [0.25, 0.3) is 5.91 Å². The number of quaternary nitrogens is 2. The van der Waals surface area contributed by atoms with Crippen molar-refractivity contribution in [2.75, 3.05) is 65.4 Å². The van der Waals surface area contributed by atoms with Gasteiger partial charge in [0.1, 0.15) is 38.0 Å². The second-order valence-electron chi connectivity index (χ2n) is 8.06. The molecule has 0 bridgehead atoms. The molecule has 0 radical (unpaired) electrons. The van der Waals surface area contributed by atoms with Crippen molar-refractivity contribution in [1.29, 1.82) is 0 Å². The first kappa shape index (κ1) is 21.1. The minimum Gasteiger partial charge on any atom is -0.484 e. The minimum absolute atomic E-state index is 0.0402. The number of nitrogens with zero attached hydrogens (tertiary/aromatic N) is 1. The molecule has 2 aromatic carbocycles. The Morgan fingerprint density at radius 3 is 2.31 bits per heavy atom. The quantitative estimate of drug-likeness (QED) is 0.557. The Hall–Kier alpha value is -2.57. The Kier molecular flexibility index (Phi) is 7.49. The molecule has 2 aromatic rings. The van der Waals surface area contributed by atoms with Crippen LogP contribution in [0, 0.1) is 0 Å². The molecule has 156 valence electrons. The van der Waals surface area contributed by atoms with Gasteiger partial charge in [-0.15, -0.1) is 0 Å². The summed E-state index contributed by atoms with van der Waals surface area (Å²) >= 11 is 0. The number of hydrogen-bond acceptors (Lipinski definition) is 3. The molecule has 1 aliphatic rings. The molecule has 6 heteroatoms. The van der Waals surface area contributed by atoms with Crippen molar-refractivity contribution in [3.63, 3.8) is 0 Å². The Balaban J connectivity index is 1.62. The molecule has 0 aromatic heterocycles. The summed E-state index contributed by atoms with van der Waals surface area (Å²) in [7, 11) is 6.35. The summed E-state index contributed by atoms with van der Waals surface area (Å²) in [5, 5.41) is 3.10. The molecule has 29 heavy (non-hydrogen) atoms. The van der Waals surface area contributed by atoms with Crippen LogP contribution in [0.2, 0.25) is 0 Å². The van der Waals surface area contributed by atoms with Crippen LogP contribution in [0.3, 0.4) is 0 Å². The number of carbonyl (C=O) groups is 1. The Morgan fingerprint density at radius 2 is 1.69 bits per heavy atom. The zero-order chi connectivity index (χ0) is 20.6. The fourth-order valence-corrected chi connectivity index (χ4v) is 3.78. The van der Waals surface area contributed by atoms with Crippen molar-refractivity contribution in [1.82, 2.24) is 5.32 Å². The number of likely N-dealkylation sites (N-methyl/N-ethyl adjacent to an activating group) is 1. The van der Waals surface area contributed by atoms with Gasteiger partial charge in [0.05, 0.1) is 13.6 Å². The van der Waals surface area contributed by atoms with Gasteiger partial charge in [-0.2, -0.15) is 0 Å². The number of piperazine rings is 1. The molecule has 0 spiro atoms. The summed E-state index contributed by atoms with van der Waals surface area (Å²) in [5.74, 6) is 0.633. The lowest BCUT2D eigenvalue weighted by atomic mass is 10.0. The first-order chi connectivity index (χ1) is 14.0. The molecular formula is C23H34N4O2+2. The maximum atomic E-state index is 12.4. The van der Waals surface area contributed by atoms with Crippen molar-refractivity contribution < 1.29 is 19.3 Å². The second kappa shape index (κ2) is 10.3. The van der Waals surface area contributed by atoms with Gasteiger partial charge in [0, 0.05) is 25.3 Å². The molecule has 1 fully saturated rings. The van der Waals surface area contributed by atoms with E-state index in [1.54, 1.807) is 4.90 Å². The second-order valence-corrected chi connectivity index (χ2v) is 8.06. The third-order valence-electron chi connectivity index (χ3n) is 5.67. The number of nitrogens with one attached hydrogen (secondary N) is 3. The summed E-state index contributed by atoms with van der Waals surface area (Å²) in [6, 6.07) is 18.4. The number of carbonyl (C=O) groups excluding carboxylic acids is 1. The number of ether oxygens (including phenoxy) is 1. The molecule has 1 heterocycles. The molecule has 0 unspecified atom stereocenters. The van der Waals surface area contributed by atoms with Gasteiger partial charge < -0.3 is 24.8 Å². The van der Waals surface area contributed by atoms with Crippen molar-refractivity contribution in [3.05, 3.63) is 60.2 Å². The summed E-state index contributed by atoms with van der Waals surface area (Å²) in [5.41, 5.74) is 2.46. The average Bonchev–Trinajstić information content (AvgIpc) is 2.74. The predicted molar refractivity (Wildman–Crippen MR) is 116 cm³/mol. The zero-order valence-electron chi connectivity index (χ0n) is 17.8. The van der Waals surface area contributed by atoms with E-state index in [2.05, 4.69) is 41.5 Å². The van der Waals surface area contributed by atoms with Crippen LogP contribution in [0.1, 0.15) is 11.6 Å². The van der Waals surface area contributed by atoms with Crippen LogP contribution in [0.15, 0.2) is 54.6 Å². The molecule has 6 nitrogen and oxygen atoms in total. The first-order valence-corrected chi connectivity index (χ1v) is 10.4. The molecule has 1 saturated heterocycles. The SMILES string of the molecule is CN(C)c1ccc([C@@H](CNC(=O)COc2ccccc2)[NH+]2CC[NH+](C)CC2)cc1. The van der Waals surface area contributed by atoms with E-state index >= 15 is 0 Å². The fraction of sp³-hybridized carbons (Fsp3) is 0.435. The maximum Gasteiger partial charge on any atom is 0.258 e. The number of amides is 1. The molecule has 3 N–H and O–H groups in total. The van der Waals surface area contributed by atoms with Gasteiger partial charge in [-0.05, 0) is 24.3 Å². The molecule has 0 saturated carbocycles. The lowest BCUT2D eigenvalue weighted by molar-refractivity contribution is -1.02. The van der Waals surface area contributed by atoms with E-state index in [4.69, 9.17) is 4.74 Å². The highest BCUT2D eigenvalue weighted by molar-refractivity contribution is 5.77. The van der Waals surface area contributed by atoms with Crippen LogP contribution in [-0.4, -0.2) is 66.4 Å². The normalized spacial score (nSPS) is 20.0. The minimum atomic E-state index is -0.0806. The van der Waals surface area contributed by atoms with E-state index in [-0.39, 0.29) is 18.6 Å². The molecule has 1 amide bonds. The van der Waals surface area contributed by atoms with E-state index in [1.807, 2.05) is 44.4 Å². The third-order valence-corrected chi connectivity index (χ3v) is 5.67. The van der Waals surface area contributed by atoms with Gasteiger partial charge in [0.2, 0.25) is 0 Å². The average molecular weight is 399 g/mol. The maximum absolute atomic E-state index is 12.4. The lowest BCUT2D eigenvalue weighted by Crippen LogP contribution is -3.27. The number of para-hydroxylation sites is 1. The van der Waals surface area contributed by atoms with E-state index in [1.165, 1.54) is 16.2 Å². The van der Waals surface area contributed by atoms with Gasteiger partial charge in [-0.1, -0.05) is 30.3 Å². The van der Waals surface area contributed by atoms with Crippen LogP contribution in [-0.2, 0) is 4.79 Å². The van der Waals surface area contributed by atoms with Crippen molar-refractivity contribution in [3.8, 4) is 5.75 Å². The highest BCUT2D eigenvalue weighted by atomic mass is 16.5. The van der Waals surface area contributed by atoms with Crippen LogP contribution >= 0.6 is 0 Å². The number of benzene rings is 2. The van der Waals surface area contributed by atoms with Crippen molar-refractivity contribution in [2.45, 2.75) is 6.04 Å². The van der Waals surface area contributed by atoms with Crippen LogP contribution in [0.4, 0.5) is 5.69 Å². The standard InChI is InChI=1S/C23H32N4O2/c1-25(2)20-11-9-19(10-12-20)22(27-15-13-26(3)14-16-27)17-24-23(28)18-29-21-7-5-4-6-8-21/h4-12,22H,13-18H2,1-3H3,(H,24,28)/p+2/t22-/m1/s1. The third kappa shape index (κ3) is 6.21. The summed E-state index contributed by atoms with van der Waals surface area (Å²) < 4.78 is 5.58. The van der Waals surface area contributed by atoms with Crippen LogP contribution in [0.5, 0.6) is 5.75 Å². The summed E-state index contributed by atoms with van der Waals surface area (Å²) in [4.78, 5) is 17.6. The van der Waals surface area contributed by atoms with Crippen molar-refractivity contribution in [2.24, 2.45) is 0 Å². The summed E-state index contributed by atoms with van der Waals surface area (Å²) in [6.07, 6.45) is 0. The number of hydrogen-bond donors (Lipinski definition) is 3. The van der Waals surface area contributed by atoms with Gasteiger partial charge in [0.15, 0.2) is 6.61 Å². The van der Waals surface area contributed by atoms with E-state index in [0.29, 0.717) is 12.3 Å².